The molecule has 0 spiro atoms. The van der Waals surface area contributed by atoms with Gasteiger partial charge in [0, 0.05) is 50.5 Å². The molecule has 1 aromatic heterocycles. The number of aromatic nitrogens is 1. The summed E-state index contributed by atoms with van der Waals surface area (Å²) in [5, 5.41) is 4.56. The minimum atomic E-state index is 0. The van der Waals surface area contributed by atoms with Crippen molar-refractivity contribution in [2.75, 3.05) is 39.9 Å². The number of ether oxygens (including phenoxy) is 1. The molecule has 1 N–H and O–H groups in total. The predicted molar refractivity (Wildman–Crippen MR) is 108 cm³/mol. The largest absolute Gasteiger partial charge is 0.384 e. The molecule has 5 nitrogen and oxygen atoms in total. The summed E-state index contributed by atoms with van der Waals surface area (Å²) < 4.78 is 5.28. The first-order valence-electron chi connectivity index (χ1n) is 8.09. The number of rotatable bonds is 6. The quantitative estimate of drug-likeness (QED) is 0.410. The minimum Gasteiger partial charge on any atom is -0.384 e. The van der Waals surface area contributed by atoms with Gasteiger partial charge in [0.2, 0.25) is 0 Å². The zero-order chi connectivity index (χ0) is 15.9. The van der Waals surface area contributed by atoms with Gasteiger partial charge >= 0.3 is 0 Å². The van der Waals surface area contributed by atoms with Crippen LogP contribution in [0.5, 0.6) is 0 Å². The number of likely N-dealkylation sites (tertiary alicyclic amines) is 1. The Morgan fingerprint density at radius 3 is 2.87 bits per heavy atom. The van der Waals surface area contributed by atoms with Gasteiger partial charge in [0.05, 0.1) is 17.3 Å². The van der Waals surface area contributed by atoms with Crippen molar-refractivity contribution in [3.8, 4) is 0 Å². The molecule has 0 radical (unpaired) electrons. The van der Waals surface area contributed by atoms with Crippen LogP contribution in [0.25, 0.3) is 0 Å². The molecule has 1 fully saturated rings. The highest BCUT2D eigenvalue weighted by molar-refractivity contribution is 14.0. The Morgan fingerprint density at radius 2 is 2.26 bits per heavy atom. The number of aliphatic imine (C=N–C) groups is 1. The summed E-state index contributed by atoms with van der Waals surface area (Å²) in [7, 11) is 1.78. The molecule has 132 valence electrons. The molecule has 1 aliphatic rings. The average molecular weight is 452 g/mol. The van der Waals surface area contributed by atoms with Gasteiger partial charge in [-0.15, -0.1) is 35.3 Å². The molecule has 23 heavy (non-hydrogen) atoms. The van der Waals surface area contributed by atoms with Crippen LogP contribution in [0.1, 0.15) is 28.9 Å². The molecular weight excluding hydrogens is 423 g/mol. The third kappa shape index (κ3) is 6.19. The maximum Gasteiger partial charge on any atom is 0.193 e. The van der Waals surface area contributed by atoms with Gasteiger partial charge in [0.1, 0.15) is 0 Å². The fraction of sp³-hybridized carbons (Fsp3) is 0.750. The number of nitrogens with zero attached hydrogens (tertiary/aromatic N) is 3. The molecule has 1 atom stereocenters. The Balaban J connectivity index is 0.00000264. The molecule has 0 aliphatic carbocycles. The molecule has 0 amide bonds. The first-order valence-corrected chi connectivity index (χ1v) is 8.90. The van der Waals surface area contributed by atoms with E-state index in [9.17, 15) is 0 Å². The van der Waals surface area contributed by atoms with Gasteiger partial charge in [-0.1, -0.05) is 0 Å². The Bertz CT molecular complexity index is 506. The van der Waals surface area contributed by atoms with Gasteiger partial charge in [0.25, 0.3) is 0 Å². The van der Waals surface area contributed by atoms with Gasteiger partial charge in [0.15, 0.2) is 5.96 Å². The van der Waals surface area contributed by atoms with Crippen LogP contribution in [0.15, 0.2) is 4.99 Å². The predicted octanol–water partition coefficient (Wildman–Crippen LogP) is 2.85. The summed E-state index contributed by atoms with van der Waals surface area (Å²) in [6, 6.07) is 0. The number of nitrogens with one attached hydrogen (secondary N) is 1. The van der Waals surface area contributed by atoms with E-state index in [0.29, 0.717) is 5.92 Å². The number of aryl methyl sites for hydroxylation is 2. The van der Waals surface area contributed by atoms with Crippen LogP contribution < -0.4 is 5.32 Å². The highest BCUT2D eigenvalue weighted by Gasteiger charge is 2.24. The number of hydrogen-bond donors (Lipinski definition) is 1. The number of halogens is 1. The lowest BCUT2D eigenvalue weighted by atomic mass is 10.1. The molecule has 0 aromatic carbocycles. The van der Waals surface area contributed by atoms with Crippen LogP contribution in [0.2, 0.25) is 0 Å². The van der Waals surface area contributed by atoms with Gasteiger partial charge in [-0.25, -0.2) is 4.98 Å². The number of thiazole rings is 1. The second kappa shape index (κ2) is 10.5. The molecule has 0 saturated carbocycles. The van der Waals surface area contributed by atoms with Crippen LogP contribution in [-0.4, -0.2) is 55.7 Å². The molecule has 2 heterocycles. The Kier molecular flexibility index (Phi) is 9.38. The lowest BCUT2D eigenvalue weighted by Gasteiger charge is -2.21. The molecule has 1 aliphatic heterocycles. The van der Waals surface area contributed by atoms with Crippen LogP contribution in [-0.2, 0) is 11.2 Å². The SMILES string of the molecule is CCNC(=NCCc1sc(C)nc1C)N1CCC(COC)C1.I. The monoisotopic (exact) mass is 452 g/mol. The van der Waals surface area contributed by atoms with Crippen molar-refractivity contribution in [1.82, 2.24) is 15.2 Å². The maximum atomic E-state index is 5.28. The zero-order valence-corrected chi connectivity index (χ0v) is 17.7. The van der Waals surface area contributed by atoms with Crippen LogP contribution in [0.3, 0.4) is 0 Å². The van der Waals surface area contributed by atoms with Crippen LogP contribution in [0, 0.1) is 19.8 Å². The van der Waals surface area contributed by atoms with E-state index < -0.39 is 0 Å². The van der Waals surface area contributed by atoms with E-state index >= 15 is 0 Å². The van der Waals surface area contributed by atoms with Crippen molar-refractivity contribution in [1.29, 1.82) is 0 Å². The van der Waals surface area contributed by atoms with E-state index in [1.165, 1.54) is 11.3 Å². The molecule has 1 unspecified atom stereocenters. The van der Waals surface area contributed by atoms with Crippen molar-refractivity contribution in [2.45, 2.75) is 33.6 Å². The van der Waals surface area contributed by atoms with E-state index in [2.05, 4.69) is 36.0 Å². The Hall–Kier alpha value is -0.410. The third-order valence-electron chi connectivity index (χ3n) is 3.92. The maximum absolute atomic E-state index is 5.28. The van der Waals surface area contributed by atoms with Crippen molar-refractivity contribution >= 4 is 41.3 Å². The summed E-state index contributed by atoms with van der Waals surface area (Å²) in [5.74, 6) is 1.67. The lowest BCUT2D eigenvalue weighted by molar-refractivity contribution is 0.157. The molecule has 1 aromatic rings. The lowest BCUT2D eigenvalue weighted by Crippen LogP contribution is -2.40. The van der Waals surface area contributed by atoms with Crippen molar-refractivity contribution in [2.24, 2.45) is 10.9 Å². The number of guanidine groups is 1. The second-order valence-electron chi connectivity index (χ2n) is 5.78. The van der Waals surface area contributed by atoms with Crippen LogP contribution in [0.4, 0.5) is 0 Å². The number of hydrogen-bond acceptors (Lipinski definition) is 4. The zero-order valence-electron chi connectivity index (χ0n) is 14.6. The van der Waals surface area contributed by atoms with Crippen LogP contribution >= 0.6 is 35.3 Å². The molecule has 1 saturated heterocycles. The van der Waals surface area contributed by atoms with Gasteiger partial charge < -0.3 is 15.0 Å². The summed E-state index contributed by atoms with van der Waals surface area (Å²) in [6.45, 7) is 10.9. The van der Waals surface area contributed by atoms with Crippen molar-refractivity contribution in [3.63, 3.8) is 0 Å². The molecule has 2 rings (SSSR count). The summed E-state index contributed by atoms with van der Waals surface area (Å²) in [5.41, 5.74) is 1.16. The van der Waals surface area contributed by atoms with E-state index in [0.717, 1.165) is 55.9 Å². The molecular formula is C16H29IN4OS. The van der Waals surface area contributed by atoms with E-state index in [4.69, 9.17) is 9.73 Å². The summed E-state index contributed by atoms with van der Waals surface area (Å²) in [4.78, 5) is 13.0. The van der Waals surface area contributed by atoms with Gasteiger partial charge in [-0.2, -0.15) is 0 Å². The normalized spacial score (nSPS) is 18.2. The first kappa shape index (κ1) is 20.6. The highest BCUT2D eigenvalue weighted by atomic mass is 127. The second-order valence-corrected chi connectivity index (χ2v) is 7.07. The topological polar surface area (TPSA) is 49.8 Å². The van der Waals surface area contributed by atoms with Crippen molar-refractivity contribution < 1.29 is 4.74 Å². The summed E-state index contributed by atoms with van der Waals surface area (Å²) in [6.07, 6.45) is 2.16. The van der Waals surface area contributed by atoms with E-state index in [-0.39, 0.29) is 24.0 Å². The molecule has 0 bridgehead atoms. The van der Waals surface area contributed by atoms with Gasteiger partial charge in [-0.05, 0) is 27.2 Å². The molecule has 7 heteroatoms. The van der Waals surface area contributed by atoms with E-state index in [1.54, 1.807) is 18.4 Å². The Morgan fingerprint density at radius 1 is 1.48 bits per heavy atom. The third-order valence-corrected chi connectivity index (χ3v) is 5.06. The van der Waals surface area contributed by atoms with Crippen molar-refractivity contribution in [3.05, 3.63) is 15.6 Å². The smallest absolute Gasteiger partial charge is 0.193 e. The minimum absolute atomic E-state index is 0. The highest BCUT2D eigenvalue weighted by Crippen LogP contribution is 2.18. The standard InChI is InChI=1S/C16H28N4OS.HI/c1-5-17-16(20-9-7-14(10-20)11-21-4)18-8-6-15-12(2)19-13(3)22-15;/h14H,5-11H2,1-4H3,(H,17,18);1H. The first-order chi connectivity index (χ1) is 10.6. The Labute approximate surface area is 160 Å². The fourth-order valence-corrected chi connectivity index (χ4v) is 3.82. The summed E-state index contributed by atoms with van der Waals surface area (Å²) >= 11 is 1.79. The average Bonchev–Trinajstić information content (AvgIpc) is 3.05. The van der Waals surface area contributed by atoms with Gasteiger partial charge in [-0.3, -0.25) is 4.99 Å². The fourth-order valence-electron chi connectivity index (χ4n) is 2.89. The van der Waals surface area contributed by atoms with E-state index in [1.807, 2.05) is 0 Å². The number of methoxy groups -OCH3 is 1.